The van der Waals surface area contributed by atoms with Gasteiger partial charge in [-0.15, -0.1) is 0 Å². The molecule has 3 unspecified atom stereocenters. The van der Waals surface area contributed by atoms with Gasteiger partial charge in [-0.25, -0.2) is 0 Å². The van der Waals surface area contributed by atoms with Crippen LogP contribution in [0.2, 0.25) is 0 Å². The maximum absolute atomic E-state index is 12.3. The molecule has 0 heterocycles. The minimum absolute atomic E-state index is 0.0156. The van der Waals surface area contributed by atoms with E-state index in [9.17, 15) is 4.79 Å². The molecule has 2 rings (SSSR count). The van der Waals surface area contributed by atoms with Gasteiger partial charge >= 0.3 is 0 Å². The second-order valence-corrected chi connectivity index (χ2v) is 7.56. The van der Waals surface area contributed by atoms with E-state index in [-0.39, 0.29) is 30.0 Å². The standard InChI is InChI=1S/C21H34N4O2/c1-15(2)24-20(26)17-9-8-10-18(13-17)25-21(22-4)23-14-16(3)27-19-11-6-5-7-12-19/h5-7,11-12,15-18H,8-10,13-14H2,1-4H3,(H,24,26)(H2,22,23,25). The fourth-order valence-electron chi connectivity index (χ4n) is 3.36. The highest BCUT2D eigenvalue weighted by Gasteiger charge is 2.28. The van der Waals surface area contributed by atoms with Crippen molar-refractivity contribution in [1.29, 1.82) is 0 Å². The van der Waals surface area contributed by atoms with Crippen LogP contribution in [0.3, 0.4) is 0 Å². The summed E-state index contributed by atoms with van der Waals surface area (Å²) in [4.78, 5) is 16.6. The summed E-state index contributed by atoms with van der Waals surface area (Å²) in [5.74, 6) is 1.87. The Kier molecular flexibility index (Phi) is 8.43. The van der Waals surface area contributed by atoms with E-state index in [0.29, 0.717) is 6.54 Å². The van der Waals surface area contributed by atoms with Gasteiger partial charge in [0.25, 0.3) is 0 Å². The van der Waals surface area contributed by atoms with Crippen LogP contribution in [0.25, 0.3) is 0 Å². The van der Waals surface area contributed by atoms with Gasteiger partial charge in [0.15, 0.2) is 5.96 Å². The molecule has 0 saturated heterocycles. The molecule has 0 aliphatic heterocycles. The topological polar surface area (TPSA) is 74.8 Å². The third-order valence-electron chi connectivity index (χ3n) is 4.68. The number of carbonyl (C=O) groups is 1. The number of carbonyl (C=O) groups excluding carboxylic acids is 1. The van der Waals surface area contributed by atoms with Crippen LogP contribution in [0.5, 0.6) is 5.75 Å². The average molecular weight is 375 g/mol. The fourth-order valence-corrected chi connectivity index (χ4v) is 3.36. The molecule has 6 heteroatoms. The van der Waals surface area contributed by atoms with Crippen molar-refractivity contribution in [2.24, 2.45) is 10.9 Å². The van der Waals surface area contributed by atoms with E-state index in [1.165, 1.54) is 0 Å². The molecule has 3 N–H and O–H groups in total. The van der Waals surface area contributed by atoms with Crippen LogP contribution >= 0.6 is 0 Å². The Morgan fingerprint density at radius 2 is 1.96 bits per heavy atom. The van der Waals surface area contributed by atoms with E-state index >= 15 is 0 Å². The van der Waals surface area contributed by atoms with E-state index in [4.69, 9.17) is 4.74 Å². The van der Waals surface area contributed by atoms with E-state index in [1.807, 2.05) is 51.1 Å². The minimum Gasteiger partial charge on any atom is -0.489 e. The maximum Gasteiger partial charge on any atom is 0.223 e. The van der Waals surface area contributed by atoms with Gasteiger partial charge in [-0.05, 0) is 52.2 Å². The Bertz CT molecular complexity index is 603. The molecule has 1 amide bonds. The Morgan fingerprint density at radius 1 is 1.22 bits per heavy atom. The molecule has 27 heavy (non-hydrogen) atoms. The summed E-state index contributed by atoms with van der Waals surface area (Å²) in [6.45, 7) is 6.68. The molecule has 1 aromatic rings. The molecular formula is C21H34N4O2. The van der Waals surface area contributed by atoms with Crippen molar-refractivity contribution < 1.29 is 9.53 Å². The number of hydrogen-bond donors (Lipinski definition) is 3. The third-order valence-corrected chi connectivity index (χ3v) is 4.68. The number of aliphatic imine (C=N–C) groups is 1. The Balaban J connectivity index is 1.77. The molecule has 6 nitrogen and oxygen atoms in total. The lowest BCUT2D eigenvalue weighted by molar-refractivity contribution is -0.126. The first kappa shape index (κ1) is 21.1. The highest BCUT2D eigenvalue weighted by atomic mass is 16.5. The third kappa shape index (κ3) is 7.49. The molecule has 0 spiro atoms. The predicted molar refractivity (Wildman–Crippen MR) is 110 cm³/mol. The van der Waals surface area contributed by atoms with Gasteiger partial charge in [-0.3, -0.25) is 9.79 Å². The summed E-state index contributed by atoms with van der Waals surface area (Å²) >= 11 is 0. The Labute approximate surface area is 163 Å². The average Bonchev–Trinajstić information content (AvgIpc) is 2.65. The Morgan fingerprint density at radius 3 is 2.63 bits per heavy atom. The van der Waals surface area contributed by atoms with Crippen molar-refractivity contribution in [1.82, 2.24) is 16.0 Å². The van der Waals surface area contributed by atoms with Crippen molar-refractivity contribution in [3.8, 4) is 5.75 Å². The Hall–Kier alpha value is -2.24. The number of rotatable bonds is 7. The van der Waals surface area contributed by atoms with Crippen LogP contribution in [0.4, 0.5) is 0 Å². The van der Waals surface area contributed by atoms with E-state index < -0.39 is 0 Å². The zero-order valence-electron chi connectivity index (χ0n) is 17.0. The number of guanidine groups is 1. The second kappa shape index (κ2) is 10.8. The quantitative estimate of drug-likeness (QED) is 0.507. The zero-order valence-corrected chi connectivity index (χ0v) is 17.0. The van der Waals surface area contributed by atoms with Gasteiger partial charge in [-0.1, -0.05) is 24.6 Å². The van der Waals surface area contributed by atoms with Gasteiger partial charge in [-0.2, -0.15) is 0 Å². The molecular weight excluding hydrogens is 340 g/mol. The second-order valence-electron chi connectivity index (χ2n) is 7.56. The smallest absolute Gasteiger partial charge is 0.223 e. The van der Waals surface area contributed by atoms with Crippen LogP contribution in [-0.4, -0.2) is 43.6 Å². The molecule has 1 aliphatic rings. The van der Waals surface area contributed by atoms with Crippen molar-refractivity contribution in [3.63, 3.8) is 0 Å². The van der Waals surface area contributed by atoms with Gasteiger partial charge in [0.2, 0.25) is 5.91 Å². The summed E-state index contributed by atoms with van der Waals surface area (Å²) in [7, 11) is 1.77. The van der Waals surface area contributed by atoms with Crippen LogP contribution in [0, 0.1) is 5.92 Å². The van der Waals surface area contributed by atoms with Crippen LogP contribution in [0.15, 0.2) is 35.3 Å². The number of hydrogen-bond acceptors (Lipinski definition) is 3. The van der Waals surface area contributed by atoms with E-state index in [0.717, 1.165) is 37.4 Å². The van der Waals surface area contributed by atoms with E-state index in [2.05, 4.69) is 20.9 Å². The summed E-state index contributed by atoms with van der Waals surface area (Å²) < 4.78 is 5.89. The molecule has 1 fully saturated rings. The number of nitrogens with one attached hydrogen (secondary N) is 3. The highest BCUT2D eigenvalue weighted by molar-refractivity contribution is 5.81. The lowest BCUT2D eigenvalue weighted by atomic mass is 9.85. The summed E-state index contributed by atoms with van der Waals surface area (Å²) in [5, 5.41) is 9.83. The van der Waals surface area contributed by atoms with Crippen molar-refractivity contribution in [2.45, 2.75) is 64.6 Å². The molecule has 0 aromatic heterocycles. The molecule has 150 valence electrons. The SMILES string of the molecule is CN=C(NCC(C)Oc1ccccc1)NC1CCCC(C(=O)NC(C)C)C1. The largest absolute Gasteiger partial charge is 0.489 e. The number of nitrogens with zero attached hydrogens (tertiary/aromatic N) is 1. The molecule has 1 aromatic carbocycles. The van der Waals surface area contributed by atoms with Gasteiger partial charge in [0.1, 0.15) is 11.9 Å². The first-order valence-electron chi connectivity index (χ1n) is 9.97. The number of ether oxygens (including phenoxy) is 1. The molecule has 1 aliphatic carbocycles. The first-order valence-corrected chi connectivity index (χ1v) is 9.97. The normalized spacial score (nSPS) is 21.4. The van der Waals surface area contributed by atoms with Crippen molar-refractivity contribution in [2.75, 3.05) is 13.6 Å². The zero-order chi connectivity index (χ0) is 19.6. The summed E-state index contributed by atoms with van der Waals surface area (Å²) in [6.07, 6.45) is 3.93. The summed E-state index contributed by atoms with van der Waals surface area (Å²) in [6, 6.07) is 10.3. The summed E-state index contributed by atoms with van der Waals surface area (Å²) in [5.41, 5.74) is 0. The van der Waals surface area contributed by atoms with E-state index in [1.54, 1.807) is 7.05 Å². The number of amides is 1. The van der Waals surface area contributed by atoms with Crippen LogP contribution in [0.1, 0.15) is 46.5 Å². The molecule has 1 saturated carbocycles. The monoisotopic (exact) mass is 374 g/mol. The van der Waals surface area contributed by atoms with Crippen LogP contribution in [-0.2, 0) is 4.79 Å². The minimum atomic E-state index is 0.0156. The lowest BCUT2D eigenvalue weighted by Gasteiger charge is -2.30. The first-order chi connectivity index (χ1) is 13.0. The highest BCUT2D eigenvalue weighted by Crippen LogP contribution is 2.24. The predicted octanol–water partition coefficient (Wildman–Crippen LogP) is 2.70. The number of benzene rings is 1. The van der Waals surface area contributed by atoms with Gasteiger partial charge in [0.05, 0.1) is 6.54 Å². The van der Waals surface area contributed by atoms with Crippen molar-refractivity contribution >= 4 is 11.9 Å². The molecule has 3 atom stereocenters. The fraction of sp³-hybridized carbons (Fsp3) is 0.619. The maximum atomic E-state index is 12.3. The van der Waals surface area contributed by atoms with Gasteiger partial charge in [0, 0.05) is 25.0 Å². The molecule has 0 radical (unpaired) electrons. The number of para-hydroxylation sites is 1. The lowest BCUT2D eigenvalue weighted by Crippen LogP contribution is -2.49. The van der Waals surface area contributed by atoms with Crippen molar-refractivity contribution in [3.05, 3.63) is 30.3 Å². The van der Waals surface area contributed by atoms with Gasteiger partial charge < -0.3 is 20.7 Å². The van der Waals surface area contributed by atoms with Crippen LogP contribution < -0.4 is 20.7 Å². The molecule has 0 bridgehead atoms.